The fourth-order valence-electron chi connectivity index (χ4n) is 4.08. The Bertz CT molecular complexity index is 985. The molecule has 0 spiro atoms. The Hall–Kier alpha value is -1.93. The van der Waals surface area contributed by atoms with E-state index in [1.807, 2.05) is 49.7 Å². The number of para-hydroxylation sites is 1. The van der Waals surface area contributed by atoms with Crippen LogP contribution in [0, 0.1) is 11.3 Å². The molecule has 8 heteroatoms. The van der Waals surface area contributed by atoms with Gasteiger partial charge in [0.05, 0.1) is 11.8 Å². The zero-order valence-corrected chi connectivity index (χ0v) is 19.3. The standard InChI is InChI=1S/C22H34N4O3S/c1-22(2,3)19(14-23-30(4,28)29)24-21(27)20-17-12-8-9-13-18(17)26(25-20)15-16-10-6-5-7-11-16/h8-9,12-13,16,19,23H,5-7,10-11,14-15H2,1-4H3,(H,24,27)/t19-/m1/s1. The molecule has 0 radical (unpaired) electrons. The Morgan fingerprint density at radius 1 is 1.20 bits per heavy atom. The number of fused-ring (bicyclic) bond motifs is 1. The van der Waals surface area contributed by atoms with Crippen molar-refractivity contribution in [2.24, 2.45) is 11.3 Å². The molecular weight excluding hydrogens is 400 g/mol. The van der Waals surface area contributed by atoms with Crippen LogP contribution >= 0.6 is 0 Å². The second-order valence-electron chi connectivity index (χ2n) is 9.56. The third-order valence-corrected chi connectivity index (χ3v) is 6.62. The molecule has 166 valence electrons. The smallest absolute Gasteiger partial charge is 0.272 e. The lowest BCUT2D eigenvalue weighted by molar-refractivity contribution is 0.0899. The first-order valence-electron chi connectivity index (χ1n) is 10.8. The van der Waals surface area contributed by atoms with E-state index in [4.69, 9.17) is 5.10 Å². The van der Waals surface area contributed by atoms with Gasteiger partial charge in [-0.25, -0.2) is 13.1 Å². The summed E-state index contributed by atoms with van der Waals surface area (Å²) in [6.45, 7) is 6.88. The summed E-state index contributed by atoms with van der Waals surface area (Å²) >= 11 is 0. The molecule has 1 aromatic heterocycles. The molecular formula is C22H34N4O3S. The van der Waals surface area contributed by atoms with Crippen molar-refractivity contribution in [1.29, 1.82) is 0 Å². The van der Waals surface area contributed by atoms with E-state index in [1.54, 1.807) is 0 Å². The van der Waals surface area contributed by atoms with E-state index in [1.165, 1.54) is 32.1 Å². The molecule has 1 aliphatic rings. The van der Waals surface area contributed by atoms with Crippen molar-refractivity contribution in [3.63, 3.8) is 0 Å². The van der Waals surface area contributed by atoms with Gasteiger partial charge in [0, 0.05) is 24.5 Å². The second kappa shape index (κ2) is 9.06. The minimum absolute atomic E-state index is 0.134. The average molecular weight is 435 g/mol. The predicted molar refractivity (Wildman–Crippen MR) is 120 cm³/mol. The number of benzene rings is 1. The van der Waals surface area contributed by atoms with Gasteiger partial charge in [-0.1, -0.05) is 58.2 Å². The van der Waals surface area contributed by atoms with Crippen LogP contribution in [0.5, 0.6) is 0 Å². The molecule has 2 N–H and O–H groups in total. The van der Waals surface area contributed by atoms with Crippen LogP contribution in [0.4, 0.5) is 0 Å². The number of carbonyl (C=O) groups excluding carboxylic acids is 1. The molecule has 1 aromatic carbocycles. The van der Waals surface area contributed by atoms with Crippen LogP contribution in [0.1, 0.15) is 63.4 Å². The molecule has 0 bridgehead atoms. The third kappa shape index (κ3) is 5.82. The molecule has 1 amide bonds. The third-order valence-electron chi connectivity index (χ3n) is 5.93. The van der Waals surface area contributed by atoms with Gasteiger partial charge in [-0.3, -0.25) is 9.48 Å². The van der Waals surface area contributed by atoms with Gasteiger partial charge in [-0.05, 0) is 30.2 Å². The van der Waals surface area contributed by atoms with Crippen LogP contribution in [0.3, 0.4) is 0 Å². The monoisotopic (exact) mass is 434 g/mol. The van der Waals surface area contributed by atoms with E-state index in [0.717, 1.165) is 23.7 Å². The van der Waals surface area contributed by atoms with Crippen LogP contribution in [0.25, 0.3) is 10.9 Å². The molecule has 2 aromatic rings. The molecule has 0 unspecified atom stereocenters. The highest BCUT2D eigenvalue weighted by molar-refractivity contribution is 7.88. The first kappa shape index (κ1) is 22.7. The van der Waals surface area contributed by atoms with E-state index in [0.29, 0.717) is 11.6 Å². The van der Waals surface area contributed by atoms with Crippen LogP contribution in [0.15, 0.2) is 24.3 Å². The van der Waals surface area contributed by atoms with Gasteiger partial charge in [0.15, 0.2) is 5.69 Å². The Morgan fingerprint density at radius 2 is 1.87 bits per heavy atom. The Kier molecular flexibility index (Phi) is 6.87. The van der Waals surface area contributed by atoms with E-state index in [-0.39, 0.29) is 23.9 Å². The number of nitrogens with one attached hydrogen (secondary N) is 2. The lowest BCUT2D eigenvalue weighted by Crippen LogP contribution is -2.50. The molecule has 0 aliphatic heterocycles. The van der Waals surface area contributed by atoms with Crippen molar-refractivity contribution in [1.82, 2.24) is 19.8 Å². The topological polar surface area (TPSA) is 93.1 Å². The van der Waals surface area contributed by atoms with Crippen molar-refractivity contribution < 1.29 is 13.2 Å². The number of hydrogen-bond donors (Lipinski definition) is 2. The summed E-state index contributed by atoms with van der Waals surface area (Å²) in [6.07, 6.45) is 7.36. The minimum Gasteiger partial charge on any atom is -0.346 e. The maximum atomic E-state index is 13.2. The fraction of sp³-hybridized carbons (Fsp3) is 0.636. The summed E-state index contributed by atoms with van der Waals surface area (Å²) in [6, 6.07) is 7.45. The number of nitrogens with zero attached hydrogens (tertiary/aromatic N) is 2. The Labute approximate surface area is 179 Å². The number of aromatic nitrogens is 2. The average Bonchev–Trinajstić information content (AvgIpc) is 3.03. The normalized spacial score (nSPS) is 17.2. The molecule has 30 heavy (non-hydrogen) atoms. The molecule has 1 saturated carbocycles. The highest BCUT2D eigenvalue weighted by Gasteiger charge is 2.29. The number of amides is 1. The largest absolute Gasteiger partial charge is 0.346 e. The molecule has 0 saturated heterocycles. The lowest BCUT2D eigenvalue weighted by atomic mass is 9.86. The number of hydrogen-bond acceptors (Lipinski definition) is 4. The minimum atomic E-state index is -3.35. The summed E-state index contributed by atoms with van der Waals surface area (Å²) in [7, 11) is -3.35. The van der Waals surface area contributed by atoms with E-state index >= 15 is 0 Å². The SMILES string of the molecule is CC(C)(C)[C@@H](CNS(C)(=O)=O)NC(=O)c1nn(CC2CCCCC2)c2ccccc12. The van der Waals surface area contributed by atoms with Crippen molar-refractivity contribution in [3.8, 4) is 0 Å². The van der Waals surface area contributed by atoms with Crippen molar-refractivity contribution in [3.05, 3.63) is 30.0 Å². The summed E-state index contributed by atoms with van der Waals surface area (Å²) in [5.41, 5.74) is 1.04. The van der Waals surface area contributed by atoms with Crippen LogP contribution < -0.4 is 10.0 Å². The summed E-state index contributed by atoms with van der Waals surface area (Å²) < 4.78 is 27.6. The van der Waals surface area contributed by atoms with Crippen molar-refractivity contribution in [2.75, 3.05) is 12.8 Å². The second-order valence-corrected chi connectivity index (χ2v) is 11.4. The number of carbonyl (C=O) groups is 1. The van der Waals surface area contributed by atoms with Gasteiger partial charge in [0.25, 0.3) is 5.91 Å². The molecule has 1 atom stereocenters. The van der Waals surface area contributed by atoms with Gasteiger partial charge in [-0.2, -0.15) is 5.10 Å². The van der Waals surface area contributed by atoms with Gasteiger partial charge < -0.3 is 5.32 Å². The summed E-state index contributed by atoms with van der Waals surface area (Å²) in [5.74, 6) is 0.322. The Balaban J connectivity index is 1.84. The van der Waals surface area contributed by atoms with Gasteiger partial charge in [-0.15, -0.1) is 0 Å². The molecule has 3 rings (SSSR count). The van der Waals surface area contributed by atoms with Crippen molar-refractivity contribution >= 4 is 26.8 Å². The first-order chi connectivity index (χ1) is 14.0. The Morgan fingerprint density at radius 3 is 2.50 bits per heavy atom. The number of sulfonamides is 1. The van der Waals surface area contributed by atoms with E-state index in [2.05, 4.69) is 10.0 Å². The van der Waals surface area contributed by atoms with Gasteiger partial charge >= 0.3 is 0 Å². The highest BCUT2D eigenvalue weighted by atomic mass is 32.2. The first-order valence-corrected chi connectivity index (χ1v) is 12.6. The number of rotatable bonds is 7. The lowest BCUT2D eigenvalue weighted by Gasteiger charge is -2.31. The van der Waals surface area contributed by atoms with Gasteiger partial charge in [0.1, 0.15) is 0 Å². The van der Waals surface area contributed by atoms with E-state index < -0.39 is 10.0 Å². The zero-order valence-electron chi connectivity index (χ0n) is 18.4. The summed E-state index contributed by atoms with van der Waals surface area (Å²) in [5, 5.41) is 8.53. The van der Waals surface area contributed by atoms with Crippen LogP contribution in [0.2, 0.25) is 0 Å². The van der Waals surface area contributed by atoms with Crippen LogP contribution in [-0.4, -0.2) is 42.9 Å². The van der Waals surface area contributed by atoms with Gasteiger partial charge in [0.2, 0.25) is 10.0 Å². The maximum absolute atomic E-state index is 13.2. The quantitative estimate of drug-likeness (QED) is 0.699. The van der Waals surface area contributed by atoms with Crippen LogP contribution in [-0.2, 0) is 16.6 Å². The fourth-order valence-corrected chi connectivity index (χ4v) is 4.55. The molecule has 1 heterocycles. The summed E-state index contributed by atoms with van der Waals surface area (Å²) in [4.78, 5) is 13.2. The highest BCUT2D eigenvalue weighted by Crippen LogP contribution is 2.27. The van der Waals surface area contributed by atoms with Crippen molar-refractivity contribution in [2.45, 2.75) is 65.5 Å². The van der Waals surface area contributed by atoms with E-state index in [9.17, 15) is 13.2 Å². The maximum Gasteiger partial charge on any atom is 0.272 e. The predicted octanol–water partition coefficient (Wildman–Crippen LogP) is 3.31. The molecule has 1 fully saturated rings. The molecule has 1 aliphatic carbocycles. The molecule has 7 nitrogen and oxygen atoms in total. The zero-order chi connectivity index (χ0) is 21.9.